The summed E-state index contributed by atoms with van der Waals surface area (Å²) in [5.74, 6) is -0.309. The Morgan fingerprint density at radius 3 is 2.50 bits per heavy atom. The summed E-state index contributed by atoms with van der Waals surface area (Å²) in [6.07, 6.45) is 4.04. The molecule has 2 aromatic rings. The average Bonchev–Trinajstić information content (AvgIpc) is 3.17. The first kappa shape index (κ1) is 23.2. The molecule has 1 fully saturated rings. The van der Waals surface area contributed by atoms with Crippen molar-refractivity contribution in [3.63, 3.8) is 0 Å². The highest BCUT2D eigenvalue weighted by Gasteiger charge is 2.31. The number of aryl methyl sites for hydroxylation is 1. The van der Waals surface area contributed by atoms with Gasteiger partial charge in [0.1, 0.15) is 5.00 Å². The maximum Gasteiger partial charge on any atom is 0.341 e. The zero-order valence-corrected chi connectivity index (χ0v) is 20.5. The molecule has 0 unspecified atom stereocenters. The van der Waals surface area contributed by atoms with Crippen LogP contribution < -0.4 is 5.32 Å². The van der Waals surface area contributed by atoms with Crippen molar-refractivity contribution in [1.29, 1.82) is 0 Å². The zero-order chi connectivity index (χ0) is 22.7. The van der Waals surface area contributed by atoms with E-state index in [-0.39, 0.29) is 5.97 Å². The number of piperazine rings is 1. The molecule has 2 aliphatic rings. The highest BCUT2D eigenvalue weighted by atomic mass is 32.2. The highest BCUT2D eigenvalue weighted by Crippen LogP contribution is 2.38. The Morgan fingerprint density at radius 2 is 1.81 bits per heavy atom. The largest absolute Gasteiger partial charge is 0.462 e. The number of carbonyl (C=O) groups is 1. The Labute approximate surface area is 198 Å². The van der Waals surface area contributed by atoms with E-state index < -0.39 is 10.0 Å². The lowest BCUT2D eigenvalue weighted by Gasteiger charge is -2.35. The van der Waals surface area contributed by atoms with Gasteiger partial charge in [0.15, 0.2) is 5.11 Å². The fourth-order valence-corrected chi connectivity index (χ4v) is 7.19. The number of fused-ring (bicyclic) bond motifs is 1. The summed E-state index contributed by atoms with van der Waals surface area (Å²) < 4.78 is 32.5. The van der Waals surface area contributed by atoms with E-state index in [9.17, 15) is 13.2 Å². The molecule has 1 saturated heterocycles. The molecular weight excluding hydrogens is 466 g/mol. The van der Waals surface area contributed by atoms with Crippen molar-refractivity contribution in [2.24, 2.45) is 0 Å². The number of hydrogen-bond donors (Lipinski definition) is 1. The van der Waals surface area contributed by atoms with Gasteiger partial charge in [-0.1, -0.05) is 18.2 Å². The van der Waals surface area contributed by atoms with Gasteiger partial charge in [-0.15, -0.1) is 11.3 Å². The van der Waals surface area contributed by atoms with Crippen LogP contribution in [0.15, 0.2) is 35.2 Å². The standard InChI is InChI=1S/C22H27N3O4S3/c1-2-29-21(26)19-17-10-6-7-11-18(17)31-20(19)23-22(30)24-12-14-25(15-13-24)32(27,28)16-8-4-3-5-9-16/h3-5,8-9H,2,6-7,10-15H2,1H3,(H,23,30). The number of nitrogens with zero attached hydrogens (tertiary/aromatic N) is 2. The molecule has 4 rings (SSSR count). The van der Waals surface area contributed by atoms with E-state index in [1.54, 1.807) is 48.6 Å². The molecule has 172 valence electrons. The predicted octanol–water partition coefficient (Wildman–Crippen LogP) is 3.51. The topological polar surface area (TPSA) is 79.0 Å². The van der Waals surface area contributed by atoms with Crippen molar-refractivity contribution in [2.45, 2.75) is 37.5 Å². The van der Waals surface area contributed by atoms with Crippen LogP contribution in [-0.2, 0) is 27.6 Å². The third-order valence-corrected chi connectivity index (χ3v) is 9.26. The number of anilines is 1. The number of sulfonamides is 1. The van der Waals surface area contributed by atoms with Crippen LogP contribution in [0.5, 0.6) is 0 Å². The monoisotopic (exact) mass is 493 g/mol. The minimum absolute atomic E-state index is 0.303. The molecule has 0 atom stereocenters. The summed E-state index contributed by atoms with van der Waals surface area (Å²) in [4.78, 5) is 16.1. The van der Waals surface area contributed by atoms with Crippen LogP contribution in [-0.4, -0.2) is 61.5 Å². The summed E-state index contributed by atoms with van der Waals surface area (Å²) in [7, 11) is -3.51. The number of hydrogen-bond acceptors (Lipinski definition) is 6. The van der Waals surface area contributed by atoms with Crippen LogP contribution in [0.1, 0.15) is 40.6 Å². The van der Waals surface area contributed by atoms with Crippen molar-refractivity contribution in [3.05, 3.63) is 46.3 Å². The van der Waals surface area contributed by atoms with Crippen LogP contribution in [0.2, 0.25) is 0 Å². The number of thiophene rings is 1. The molecule has 1 aromatic carbocycles. The Bertz CT molecular complexity index is 1090. The maximum absolute atomic E-state index is 12.9. The van der Waals surface area contributed by atoms with Crippen LogP contribution in [0.4, 0.5) is 5.00 Å². The lowest BCUT2D eigenvalue weighted by Crippen LogP contribution is -2.51. The SMILES string of the molecule is CCOC(=O)c1c(NC(=S)N2CCN(S(=O)(=O)c3ccccc3)CC2)sc2c1CCCC2. The van der Waals surface area contributed by atoms with Crippen molar-refractivity contribution in [1.82, 2.24) is 9.21 Å². The molecule has 10 heteroatoms. The van der Waals surface area contributed by atoms with Gasteiger partial charge in [0.2, 0.25) is 10.0 Å². The third kappa shape index (κ3) is 4.68. The van der Waals surface area contributed by atoms with Crippen molar-refractivity contribution < 1.29 is 17.9 Å². The van der Waals surface area contributed by atoms with Crippen molar-refractivity contribution >= 4 is 49.7 Å². The molecule has 0 radical (unpaired) electrons. The number of rotatable bonds is 5. The fourth-order valence-electron chi connectivity index (χ4n) is 4.12. The molecule has 1 aliphatic carbocycles. The number of ether oxygens (including phenoxy) is 1. The van der Waals surface area contributed by atoms with Crippen molar-refractivity contribution in [3.8, 4) is 0 Å². The van der Waals surface area contributed by atoms with Gasteiger partial charge in [-0.2, -0.15) is 4.31 Å². The Hall–Kier alpha value is -2.01. The molecule has 7 nitrogen and oxygen atoms in total. The summed E-state index contributed by atoms with van der Waals surface area (Å²) in [5, 5.41) is 4.51. The molecule has 2 heterocycles. The maximum atomic E-state index is 12.9. The zero-order valence-electron chi connectivity index (χ0n) is 18.0. The molecule has 1 N–H and O–H groups in total. The molecule has 32 heavy (non-hydrogen) atoms. The number of esters is 1. The van der Waals surface area contributed by atoms with E-state index in [0.29, 0.717) is 48.4 Å². The molecular formula is C22H27N3O4S3. The molecule has 1 aliphatic heterocycles. The normalized spacial score (nSPS) is 17.0. The highest BCUT2D eigenvalue weighted by molar-refractivity contribution is 7.89. The van der Waals surface area contributed by atoms with Crippen LogP contribution in [0, 0.1) is 0 Å². The molecule has 0 saturated carbocycles. The van der Waals surface area contributed by atoms with Gasteiger partial charge in [0, 0.05) is 31.1 Å². The predicted molar refractivity (Wildman–Crippen MR) is 130 cm³/mol. The fraction of sp³-hybridized carbons (Fsp3) is 0.455. The van der Waals surface area contributed by atoms with Gasteiger partial charge < -0.3 is 15.0 Å². The summed E-state index contributed by atoms with van der Waals surface area (Å²) in [5.41, 5.74) is 1.70. The second kappa shape index (κ2) is 9.86. The Balaban J connectivity index is 1.45. The van der Waals surface area contributed by atoms with Gasteiger partial charge in [-0.05, 0) is 62.5 Å². The third-order valence-electron chi connectivity index (χ3n) is 5.78. The Kier molecular flexibility index (Phi) is 7.14. The van der Waals surface area contributed by atoms with Crippen LogP contribution in [0.3, 0.4) is 0 Å². The lowest BCUT2D eigenvalue weighted by atomic mass is 9.95. The lowest BCUT2D eigenvalue weighted by molar-refractivity contribution is 0.0526. The average molecular weight is 494 g/mol. The first-order chi connectivity index (χ1) is 15.4. The summed E-state index contributed by atoms with van der Waals surface area (Å²) in [6, 6.07) is 8.48. The van der Waals surface area contributed by atoms with Gasteiger partial charge in [-0.3, -0.25) is 0 Å². The van der Waals surface area contributed by atoms with E-state index in [1.165, 1.54) is 9.18 Å². The quantitative estimate of drug-likeness (QED) is 0.504. The summed E-state index contributed by atoms with van der Waals surface area (Å²) in [6.45, 7) is 3.80. The smallest absolute Gasteiger partial charge is 0.341 e. The van der Waals surface area contributed by atoms with Crippen LogP contribution >= 0.6 is 23.6 Å². The number of carbonyl (C=O) groups excluding carboxylic acids is 1. The molecule has 0 bridgehead atoms. The first-order valence-electron chi connectivity index (χ1n) is 10.8. The van der Waals surface area contributed by atoms with Gasteiger partial charge >= 0.3 is 5.97 Å². The van der Waals surface area contributed by atoms with E-state index >= 15 is 0 Å². The number of benzene rings is 1. The van der Waals surface area contributed by atoms with Crippen LogP contribution in [0.25, 0.3) is 0 Å². The molecule has 0 amide bonds. The second-order valence-electron chi connectivity index (χ2n) is 7.77. The van der Waals surface area contributed by atoms with E-state index in [0.717, 1.165) is 36.2 Å². The minimum atomic E-state index is -3.51. The van der Waals surface area contributed by atoms with Gasteiger partial charge in [0.25, 0.3) is 0 Å². The minimum Gasteiger partial charge on any atom is -0.462 e. The number of nitrogens with one attached hydrogen (secondary N) is 1. The molecule has 0 spiro atoms. The van der Waals surface area contributed by atoms with Gasteiger partial charge in [-0.25, -0.2) is 13.2 Å². The van der Waals surface area contributed by atoms with E-state index in [4.69, 9.17) is 17.0 Å². The number of thiocarbonyl (C=S) groups is 1. The second-order valence-corrected chi connectivity index (χ2v) is 11.2. The first-order valence-corrected chi connectivity index (χ1v) is 13.5. The van der Waals surface area contributed by atoms with E-state index in [2.05, 4.69) is 5.32 Å². The van der Waals surface area contributed by atoms with E-state index in [1.807, 2.05) is 4.90 Å². The van der Waals surface area contributed by atoms with Gasteiger partial charge in [0.05, 0.1) is 17.1 Å². The van der Waals surface area contributed by atoms with Crippen molar-refractivity contribution in [2.75, 3.05) is 38.1 Å². The Morgan fingerprint density at radius 1 is 1.12 bits per heavy atom. The summed E-state index contributed by atoms with van der Waals surface area (Å²) >= 11 is 7.21. The molecule has 1 aromatic heterocycles.